The first-order valence-electron chi connectivity index (χ1n) is 13.8. The van der Waals surface area contributed by atoms with Gasteiger partial charge in [0.2, 0.25) is 0 Å². The Morgan fingerprint density at radius 1 is 1.13 bits per heavy atom. The predicted octanol–water partition coefficient (Wildman–Crippen LogP) is 2.04. The van der Waals surface area contributed by atoms with Crippen LogP contribution in [0.25, 0.3) is 0 Å². The van der Waals surface area contributed by atoms with Crippen molar-refractivity contribution in [1.29, 1.82) is 0 Å². The molecule has 1 heterocycles. The largest absolute Gasteiger partial charge is 0.494 e. The molecule has 12 heteroatoms. The second kappa shape index (κ2) is 13.7. The van der Waals surface area contributed by atoms with E-state index in [9.17, 15) is 19.5 Å². The summed E-state index contributed by atoms with van der Waals surface area (Å²) in [6.07, 6.45) is 11.3. The van der Waals surface area contributed by atoms with Crippen LogP contribution in [0.4, 0.5) is 0 Å². The van der Waals surface area contributed by atoms with Crippen LogP contribution in [0.5, 0.6) is 0 Å². The van der Waals surface area contributed by atoms with Crippen LogP contribution in [0.2, 0.25) is 0 Å². The molecular formula is C27H39N3O8S. The zero-order chi connectivity index (χ0) is 27.9. The second-order valence-electron chi connectivity index (χ2n) is 11.0. The minimum absolute atomic E-state index is 0.00520. The highest BCUT2D eigenvalue weighted by atomic mass is 32.1. The number of ketones is 1. The lowest BCUT2D eigenvalue weighted by Crippen LogP contribution is -2.52. The van der Waals surface area contributed by atoms with Gasteiger partial charge >= 0.3 is 11.9 Å². The molecule has 7 unspecified atom stereocenters. The maximum atomic E-state index is 12.6. The summed E-state index contributed by atoms with van der Waals surface area (Å²) in [5.74, 6) is -1.39. The van der Waals surface area contributed by atoms with Gasteiger partial charge in [-0.3, -0.25) is 24.5 Å². The number of thiocarbonyl (C=S) groups is 1. The molecule has 1 aliphatic heterocycles. The van der Waals surface area contributed by atoms with E-state index in [1.54, 1.807) is 17.1 Å². The molecule has 2 saturated carbocycles. The van der Waals surface area contributed by atoms with Crippen LogP contribution in [0.15, 0.2) is 24.0 Å². The zero-order valence-corrected chi connectivity index (χ0v) is 22.8. The van der Waals surface area contributed by atoms with Crippen LogP contribution in [0, 0.1) is 29.6 Å². The van der Waals surface area contributed by atoms with Crippen molar-refractivity contribution in [1.82, 2.24) is 15.5 Å². The standard InChI is InChI=1S/C27H39N3O8S/c31-17-6-8-20-23(14-17)38-22-4-2-1-3-19(22)25(20)18-7-5-16(13-21(18)26(34)35)29-27(39)28-9-10-30(11-12-37-36)15-24(32)33/h6,8,14,16,18-22,25,36H,1-5,7,9-13,15H2,(H,32,33)(H,34,35)(H2,28,29,39). The van der Waals surface area contributed by atoms with E-state index in [1.165, 1.54) is 0 Å². The number of fused-ring (bicyclic) bond motifs is 2. The Morgan fingerprint density at radius 3 is 2.67 bits per heavy atom. The number of nitrogens with zero attached hydrogens (tertiary/aromatic N) is 1. The highest BCUT2D eigenvalue weighted by molar-refractivity contribution is 7.80. The summed E-state index contributed by atoms with van der Waals surface area (Å²) >= 11 is 5.45. The number of hydrogen-bond donors (Lipinski definition) is 5. The van der Waals surface area contributed by atoms with Crippen LogP contribution in [-0.2, 0) is 24.0 Å². The van der Waals surface area contributed by atoms with Crippen LogP contribution >= 0.6 is 12.2 Å². The molecule has 216 valence electrons. The van der Waals surface area contributed by atoms with Gasteiger partial charge in [0.15, 0.2) is 10.9 Å². The molecule has 3 aliphatic carbocycles. The molecule has 0 aromatic rings. The number of carboxylic acid groups (broad SMARTS) is 2. The molecule has 0 bridgehead atoms. The molecule has 7 atom stereocenters. The van der Waals surface area contributed by atoms with Gasteiger partial charge in [-0.05, 0) is 74.6 Å². The van der Waals surface area contributed by atoms with Gasteiger partial charge in [0.05, 0.1) is 19.1 Å². The van der Waals surface area contributed by atoms with E-state index in [-0.39, 0.29) is 61.3 Å². The summed E-state index contributed by atoms with van der Waals surface area (Å²) in [4.78, 5) is 41.4. The topological polar surface area (TPSA) is 158 Å². The van der Waals surface area contributed by atoms with Crippen molar-refractivity contribution in [3.63, 3.8) is 0 Å². The van der Waals surface area contributed by atoms with Crippen LogP contribution in [-0.4, -0.2) is 88.1 Å². The number of hydrogen-bond acceptors (Lipinski definition) is 8. The number of carboxylic acids is 2. The smallest absolute Gasteiger partial charge is 0.317 e. The molecule has 4 aliphatic rings. The molecule has 0 aromatic heterocycles. The minimum Gasteiger partial charge on any atom is -0.494 e. The number of carbonyl (C=O) groups excluding carboxylic acids is 1. The van der Waals surface area contributed by atoms with Gasteiger partial charge in [0.1, 0.15) is 11.9 Å². The summed E-state index contributed by atoms with van der Waals surface area (Å²) in [5.41, 5.74) is 0. The molecular weight excluding hydrogens is 526 g/mol. The van der Waals surface area contributed by atoms with Crippen molar-refractivity contribution in [2.45, 2.75) is 57.1 Å². The summed E-state index contributed by atoms with van der Waals surface area (Å²) < 4.78 is 6.30. The summed E-state index contributed by atoms with van der Waals surface area (Å²) in [5, 5.41) is 34.6. The molecule has 3 fully saturated rings. The van der Waals surface area contributed by atoms with E-state index in [0.29, 0.717) is 30.4 Å². The lowest BCUT2D eigenvalue weighted by atomic mass is 9.58. The number of rotatable bonds is 11. The van der Waals surface area contributed by atoms with Gasteiger partial charge in [-0.1, -0.05) is 12.5 Å². The third-order valence-electron chi connectivity index (χ3n) is 8.65. The molecule has 5 N–H and O–H groups in total. The average Bonchev–Trinajstić information content (AvgIpc) is 2.90. The fourth-order valence-electron chi connectivity index (χ4n) is 7.01. The normalized spacial score (nSPS) is 31.9. The lowest BCUT2D eigenvalue weighted by molar-refractivity contribution is -0.244. The lowest BCUT2D eigenvalue weighted by Gasteiger charge is -2.51. The number of nitrogens with one attached hydrogen (secondary N) is 2. The fraction of sp³-hybridized carbons (Fsp3) is 0.704. The van der Waals surface area contributed by atoms with Crippen molar-refractivity contribution >= 4 is 35.1 Å². The van der Waals surface area contributed by atoms with Gasteiger partial charge in [0.25, 0.3) is 0 Å². The van der Waals surface area contributed by atoms with Gasteiger partial charge in [-0.2, -0.15) is 0 Å². The van der Waals surface area contributed by atoms with E-state index in [4.69, 9.17) is 27.3 Å². The summed E-state index contributed by atoms with van der Waals surface area (Å²) in [6, 6.07) is -0.0965. The SMILES string of the molecule is O=C1C=CC2C(=C1)OC1CCCCC1C2C1CCC(NC(=S)NCCN(CCOO)CC(=O)O)CC1C(=O)O. The Hall–Kier alpha value is -2.54. The molecule has 4 rings (SSSR count). The summed E-state index contributed by atoms with van der Waals surface area (Å²) in [6.45, 7) is 0.820. The molecule has 0 amide bonds. The maximum Gasteiger partial charge on any atom is 0.317 e. The first-order chi connectivity index (χ1) is 18.8. The molecule has 39 heavy (non-hydrogen) atoms. The third-order valence-corrected chi connectivity index (χ3v) is 8.92. The monoisotopic (exact) mass is 565 g/mol. The van der Waals surface area contributed by atoms with Crippen molar-refractivity contribution in [3.05, 3.63) is 24.0 Å². The van der Waals surface area contributed by atoms with Gasteiger partial charge in [-0.25, -0.2) is 4.89 Å². The van der Waals surface area contributed by atoms with Crippen LogP contribution in [0.3, 0.4) is 0 Å². The second-order valence-corrected chi connectivity index (χ2v) is 11.4. The van der Waals surface area contributed by atoms with Gasteiger partial charge < -0.3 is 25.6 Å². The van der Waals surface area contributed by atoms with Crippen molar-refractivity contribution in [2.75, 3.05) is 32.8 Å². The number of allylic oxidation sites excluding steroid dienone is 3. The Bertz CT molecular complexity index is 988. The Labute approximate surface area is 233 Å². The van der Waals surface area contributed by atoms with E-state index >= 15 is 0 Å². The Kier molecular flexibility index (Phi) is 10.3. The highest BCUT2D eigenvalue weighted by Gasteiger charge is 2.51. The fourth-order valence-corrected chi connectivity index (χ4v) is 7.28. The quantitative estimate of drug-likeness (QED) is 0.141. The molecule has 1 saturated heterocycles. The van der Waals surface area contributed by atoms with Crippen LogP contribution in [0.1, 0.15) is 44.9 Å². The third kappa shape index (κ3) is 7.56. The molecule has 0 spiro atoms. The Balaban J connectivity index is 1.37. The van der Waals surface area contributed by atoms with Gasteiger partial charge in [-0.15, -0.1) is 0 Å². The number of ether oxygens (including phenoxy) is 1. The van der Waals surface area contributed by atoms with E-state index in [0.717, 1.165) is 38.5 Å². The van der Waals surface area contributed by atoms with Crippen LogP contribution < -0.4 is 10.6 Å². The van der Waals surface area contributed by atoms with E-state index in [1.807, 2.05) is 6.08 Å². The number of carbonyl (C=O) groups is 3. The Morgan fingerprint density at radius 2 is 1.92 bits per heavy atom. The maximum absolute atomic E-state index is 12.6. The minimum atomic E-state index is -0.980. The van der Waals surface area contributed by atoms with Gasteiger partial charge in [0, 0.05) is 37.7 Å². The first-order valence-corrected chi connectivity index (χ1v) is 14.3. The number of aliphatic carboxylic acids is 2. The predicted molar refractivity (Wildman–Crippen MR) is 145 cm³/mol. The summed E-state index contributed by atoms with van der Waals surface area (Å²) in [7, 11) is 0. The molecule has 0 radical (unpaired) electrons. The average molecular weight is 566 g/mol. The van der Waals surface area contributed by atoms with Crippen molar-refractivity contribution < 1.29 is 39.5 Å². The molecule has 0 aromatic carbocycles. The first kappa shape index (κ1) is 29.4. The highest BCUT2D eigenvalue weighted by Crippen LogP contribution is 2.52. The zero-order valence-electron chi connectivity index (χ0n) is 22.0. The van der Waals surface area contributed by atoms with E-state index in [2.05, 4.69) is 15.5 Å². The van der Waals surface area contributed by atoms with Crippen molar-refractivity contribution in [2.24, 2.45) is 29.6 Å². The van der Waals surface area contributed by atoms with E-state index < -0.39 is 17.9 Å². The van der Waals surface area contributed by atoms with Crippen molar-refractivity contribution in [3.8, 4) is 0 Å². The molecule has 11 nitrogen and oxygen atoms in total.